The molecule has 2 atom stereocenters. The number of aldehydes is 1. The van der Waals surface area contributed by atoms with Gasteiger partial charge in [-0.15, -0.1) is 0 Å². The molecule has 0 radical (unpaired) electrons. The summed E-state index contributed by atoms with van der Waals surface area (Å²) < 4.78 is 0. The number of non-ortho nitro benzene ring substituents is 1. The van der Waals surface area contributed by atoms with Gasteiger partial charge in [0.2, 0.25) is 0 Å². The van der Waals surface area contributed by atoms with Gasteiger partial charge in [0.25, 0.3) is 5.69 Å². The smallest absolute Gasteiger partial charge is 0.270 e. The van der Waals surface area contributed by atoms with Gasteiger partial charge in [0.05, 0.1) is 11.0 Å². The first kappa shape index (κ1) is 15.4. The second kappa shape index (κ2) is 6.19. The van der Waals surface area contributed by atoms with E-state index in [-0.39, 0.29) is 17.3 Å². The summed E-state index contributed by atoms with van der Waals surface area (Å²) in [7, 11) is 3.89. The van der Waals surface area contributed by atoms with Gasteiger partial charge in [-0.25, -0.2) is 0 Å². The molecule has 2 rings (SSSR count). The quantitative estimate of drug-likeness (QED) is 0.493. The second-order valence-electron chi connectivity index (χ2n) is 5.58. The van der Waals surface area contributed by atoms with Crippen molar-refractivity contribution in [2.24, 2.45) is 0 Å². The average Bonchev–Trinajstić information content (AvgIpc) is 2.77. The predicted octanol–water partition coefficient (Wildman–Crippen LogP) is 0.909. The molecule has 1 N–H and O–H groups in total. The molecule has 1 saturated heterocycles. The van der Waals surface area contributed by atoms with Crippen LogP contribution in [0.25, 0.3) is 0 Å². The zero-order valence-electron chi connectivity index (χ0n) is 12.1. The van der Waals surface area contributed by atoms with Crippen molar-refractivity contribution in [3.05, 3.63) is 33.9 Å². The van der Waals surface area contributed by atoms with Crippen LogP contribution in [0, 0.1) is 10.1 Å². The number of aliphatic hydroxyl groups excluding tert-OH is 1. The van der Waals surface area contributed by atoms with Gasteiger partial charge in [0.15, 0.2) is 6.29 Å². The number of nitro benzene ring substituents is 1. The van der Waals surface area contributed by atoms with Crippen LogP contribution in [0.4, 0.5) is 11.4 Å². The minimum Gasteiger partial charge on any atom is -0.391 e. The van der Waals surface area contributed by atoms with Crippen molar-refractivity contribution in [3.63, 3.8) is 0 Å². The molecule has 1 aromatic rings. The van der Waals surface area contributed by atoms with E-state index in [4.69, 9.17) is 0 Å². The Kier molecular flexibility index (Phi) is 4.54. The molecule has 0 bridgehead atoms. The van der Waals surface area contributed by atoms with Crippen molar-refractivity contribution in [3.8, 4) is 0 Å². The number of carbonyl (C=O) groups excluding carboxylic acids is 1. The maximum atomic E-state index is 11.2. The standard InChI is InChI=1S/C14H19N3O4/c1-15(2)7-12-6-13(19)8-16(12)14-4-3-11(17(20)21)5-10(14)9-18/h3-5,9,12-13,19H,6-8H2,1-2H3. The Morgan fingerprint density at radius 2 is 2.24 bits per heavy atom. The van der Waals surface area contributed by atoms with Crippen LogP contribution in [0.2, 0.25) is 0 Å². The molecule has 1 aliphatic heterocycles. The Bertz CT molecular complexity index is 547. The minimum atomic E-state index is -0.521. The number of nitro groups is 1. The fraction of sp³-hybridized carbons (Fsp3) is 0.500. The van der Waals surface area contributed by atoms with Gasteiger partial charge in [0, 0.05) is 42.5 Å². The van der Waals surface area contributed by atoms with Crippen molar-refractivity contribution < 1.29 is 14.8 Å². The Morgan fingerprint density at radius 3 is 2.81 bits per heavy atom. The number of hydrogen-bond donors (Lipinski definition) is 1. The molecule has 0 aliphatic carbocycles. The first-order valence-corrected chi connectivity index (χ1v) is 6.75. The highest BCUT2D eigenvalue weighted by atomic mass is 16.6. The molecule has 0 amide bonds. The highest BCUT2D eigenvalue weighted by molar-refractivity contribution is 5.86. The maximum Gasteiger partial charge on any atom is 0.270 e. The SMILES string of the molecule is CN(C)CC1CC(O)CN1c1ccc([N+](=O)[O-])cc1C=O. The topological polar surface area (TPSA) is 86.9 Å². The molecule has 2 unspecified atom stereocenters. The van der Waals surface area contributed by atoms with Crippen molar-refractivity contribution in [1.82, 2.24) is 4.90 Å². The Balaban J connectivity index is 2.35. The van der Waals surface area contributed by atoms with E-state index >= 15 is 0 Å². The average molecular weight is 293 g/mol. The van der Waals surface area contributed by atoms with E-state index in [1.54, 1.807) is 6.07 Å². The molecule has 114 valence electrons. The van der Waals surface area contributed by atoms with Gasteiger partial charge < -0.3 is 14.9 Å². The zero-order chi connectivity index (χ0) is 15.6. The lowest BCUT2D eigenvalue weighted by Crippen LogP contribution is -2.38. The summed E-state index contributed by atoms with van der Waals surface area (Å²) in [5, 5.41) is 20.7. The van der Waals surface area contributed by atoms with Crippen molar-refractivity contribution >= 4 is 17.7 Å². The number of carbonyl (C=O) groups is 1. The van der Waals surface area contributed by atoms with Gasteiger partial charge in [0.1, 0.15) is 0 Å². The number of rotatable bonds is 5. The number of nitrogens with zero attached hydrogens (tertiary/aromatic N) is 3. The largest absolute Gasteiger partial charge is 0.391 e. The first-order valence-electron chi connectivity index (χ1n) is 6.75. The van der Waals surface area contributed by atoms with Crippen LogP contribution in [0.15, 0.2) is 18.2 Å². The van der Waals surface area contributed by atoms with Crippen molar-refractivity contribution in [2.75, 3.05) is 32.1 Å². The summed E-state index contributed by atoms with van der Waals surface area (Å²) in [6.07, 6.45) is 0.789. The summed E-state index contributed by atoms with van der Waals surface area (Å²) >= 11 is 0. The number of likely N-dealkylation sites (N-methyl/N-ethyl adjacent to an activating group) is 1. The Labute approximate surface area is 122 Å². The molecule has 1 heterocycles. The molecule has 0 aromatic heterocycles. The monoisotopic (exact) mass is 293 g/mol. The van der Waals surface area contributed by atoms with Crippen LogP contribution in [0.5, 0.6) is 0 Å². The number of β-amino-alcohol motifs (C(OH)–C–C–N with tert-alkyl or cyclic N) is 1. The summed E-state index contributed by atoms with van der Waals surface area (Å²) in [5.41, 5.74) is 0.811. The summed E-state index contributed by atoms with van der Waals surface area (Å²) in [6.45, 7) is 1.17. The van der Waals surface area contributed by atoms with Crippen LogP contribution in [-0.4, -0.2) is 60.5 Å². The number of anilines is 1. The predicted molar refractivity (Wildman–Crippen MR) is 78.8 cm³/mol. The highest BCUT2D eigenvalue weighted by Gasteiger charge is 2.32. The van der Waals surface area contributed by atoms with Crippen molar-refractivity contribution in [1.29, 1.82) is 0 Å². The van der Waals surface area contributed by atoms with E-state index in [1.165, 1.54) is 12.1 Å². The summed E-state index contributed by atoms with van der Waals surface area (Å²) in [4.78, 5) is 25.5. The fourth-order valence-corrected chi connectivity index (χ4v) is 2.79. The number of aliphatic hydroxyl groups is 1. The molecule has 7 heteroatoms. The van der Waals surface area contributed by atoms with Crippen molar-refractivity contribution in [2.45, 2.75) is 18.6 Å². The zero-order valence-corrected chi connectivity index (χ0v) is 12.1. The Hall–Kier alpha value is -1.99. The second-order valence-corrected chi connectivity index (χ2v) is 5.58. The van der Waals surface area contributed by atoms with E-state index in [0.29, 0.717) is 24.9 Å². The third kappa shape index (κ3) is 3.37. The van der Waals surface area contributed by atoms with Crippen LogP contribution in [0.1, 0.15) is 16.8 Å². The molecule has 1 aliphatic rings. The van der Waals surface area contributed by atoms with Crippen LogP contribution in [0.3, 0.4) is 0 Å². The minimum absolute atomic E-state index is 0.0788. The fourth-order valence-electron chi connectivity index (χ4n) is 2.79. The lowest BCUT2D eigenvalue weighted by atomic mass is 10.1. The lowest BCUT2D eigenvalue weighted by molar-refractivity contribution is -0.384. The maximum absolute atomic E-state index is 11.2. The van der Waals surface area contributed by atoms with Gasteiger partial charge >= 0.3 is 0 Å². The highest BCUT2D eigenvalue weighted by Crippen LogP contribution is 2.30. The normalized spacial score (nSPS) is 21.8. The molecule has 0 spiro atoms. The van der Waals surface area contributed by atoms with Gasteiger partial charge in [-0.3, -0.25) is 14.9 Å². The molecule has 7 nitrogen and oxygen atoms in total. The van der Waals surface area contributed by atoms with Gasteiger partial charge in [-0.05, 0) is 26.6 Å². The molecular formula is C14H19N3O4. The number of benzene rings is 1. The summed E-state index contributed by atoms with van der Waals surface area (Å²) in [6, 6.07) is 4.33. The molecule has 1 fully saturated rings. The van der Waals surface area contributed by atoms with E-state index in [1.807, 2.05) is 23.9 Å². The van der Waals surface area contributed by atoms with Crippen LogP contribution < -0.4 is 4.90 Å². The lowest BCUT2D eigenvalue weighted by Gasteiger charge is -2.29. The first-order chi connectivity index (χ1) is 9.92. The van der Waals surface area contributed by atoms with E-state index in [9.17, 15) is 20.0 Å². The van der Waals surface area contributed by atoms with Crippen LogP contribution in [-0.2, 0) is 0 Å². The van der Waals surface area contributed by atoms with E-state index in [0.717, 1.165) is 6.54 Å². The molecule has 1 aromatic carbocycles. The molecule has 21 heavy (non-hydrogen) atoms. The van der Waals surface area contributed by atoms with E-state index < -0.39 is 11.0 Å². The van der Waals surface area contributed by atoms with Gasteiger partial charge in [-0.1, -0.05) is 0 Å². The Morgan fingerprint density at radius 1 is 1.52 bits per heavy atom. The van der Waals surface area contributed by atoms with Gasteiger partial charge in [-0.2, -0.15) is 0 Å². The van der Waals surface area contributed by atoms with Crippen LogP contribution >= 0.6 is 0 Å². The van der Waals surface area contributed by atoms with E-state index in [2.05, 4.69) is 0 Å². The third-order valence-electron chi connectivity index (χ3n) is 3.63. The number of hydrogen-bond acceptors (Lipinski definition) is 6. The molecule has 0 saturated carbocycles. The third-order valence-corrected chi connectivity index (χ3v) is 3.63. The summed E-state index contributed by atoms with van der Waals surface area (Å²) in [5.74, 6) is 0. The molecular weight excluding hydrogens is 274 g/mol.